The minimum Gasteiger partial charge on any atom is -0.999 e. The van der Waals surface area contributed by atoms with Crippen LogP contribution in [0.15, 0.2) is 36.4 Å². The first-order chi connectivity index (χ1) is 7.34. The summed E-state index contributed by atoms with van der Waals surface area (Å²) >= 11 is 5.68. The molecule has 0 radical (unpaired) electrons. The van der Waals surface area contributed by atoms with Crippen LogP contribution in [0.1, 0.15) is 5.56 Å². The van der Waals surface area contributed by atoms with Gasteiger partial charge in [0.25, 0.3) is 0 Å². The molecule has 0 bridgehead atoms. The van der Waals surface area contributed by atoms with Gasteiger partial charge >= 0.3 is 0 Å². The Hall–Kier alpha value is -1.08. The predicted octanol–water partition coefficient (Wildman–Crippen LogP) is 2.79. The minimum atomic E-state index is 0. The van der Waals surface area contributed by atoms with Gasteiger partial charge < -0.3 is 35.1 Å². The van der Waals surface area contributed by atoms with Crippen LogP contribution in [0.25, 0.3) is 5.03 Å². The number of hydrogen-bond acceptors (Lipinski definition) is 1. The molecule has 2 aromatic carbocycles. The first-order valence-corrected chi connectivity index (χ1v) is 4.58. The molecule has 3 heteroatoms. The van der Waals surface area contributed by atoms with Crippen molar-refractivity contribution < 1.29 is 21.9 Å². The number of rotatable bonds is 2. The standard InChI is InChI=1S/C8H6ClO.C5H.Fe/c9-8(5-6-10)7-3-1-2-4-7;1-2-4-5-3-1;/h1-6H;1H;/q-1;-5;. The van der Waals surface area contributed by atoms with Crippen molar-refractivity contribution in [2.75, 3.05) is 0 Å². The molecular weight excluding hydrogens is 263 g/mol. The maximum Gasteiger partial charge on any atom is 0.104 e. The number of aldehydes is 1. The van der Waals surface area contributed by atoms with Crippen LogP contribution in [0, 0.1) is 24.3 Å². The molecule has 0 amide bonds. The monoisotopic (exact) mass is 270 g/mol. The van der Waals surface area contributed by atoms with E-state index in [2.05, 4.69) is 24.3 Å². The summed E-state index contributed by atoms with van der Waals surface area (Å²) in [6, 6.07) is 19.4. The van der Waals surface area contributed by atoms with E-state index in [1.807, 2.05) is 24.3 Å². The Morgan fingerprint density at radius 2 is 1.81 bits per heavy atom. The van der Waals surface area contributed by atoms with E-state index in [9.17, 15) is 4.79 Å². The molecule has 0 aromatic heterocycles. The number of halogens is 1. The van der Waals surface area contributed by atoms with Crippen LogP contribution in [0.4, 0.5) is 0 Å². The van der Waals surface area contributed by atoms with E-state index in [4.69, 9.17) is 11.6 Å². The van der Waals surface area contributed by atoms with Crippen molar-refractivity contribution >= 4 is 22.9 Å². The number of carbonyl (C=O) groups excluding carboxylic acids is 1. The van der Waals surface area contributed by atoms with E-state index < -0.39 is 0 Å². The fourth-order valence-corrected chi connectivity index (χ4v) is 1.05. The Kier molecular flexibility index (Phi) is 8.55. The van der Waals surface area contributed by atoms with Gasteiger partial charge in [-0.2, -0.15) is 12.1 Å². The first kappa shape index (κ1) is 14.9. The van der Waals surface area contributed by atoms with Gasteiger partial charge in [-0.15, -0.1) is 23.7 Å². The van der Waals surface area contributed by atoms with Crippen molar-refractivity contribution in [2.45, 2.75) is 0 Å². The second kappa shape index (κ2) is 9.17. The van der Waals surface area contributed by atoms with Gasteiger partial charge in [-0.05, 0) is 5.03 Å². The molecule has 2 rings (SSSR count). The van der Waals surface area contributed by atoms with Gasteiger partial charge in [0.2, 0.25) is 0 Å². The van der Waals surface area contributed by atoms with Gasteiger partial charge in [-0.25, -0.2) is 0 Å². The minimum absolute atomic E-state index is 0. The van der Waals surface area contributed by atoms with E-state index in [0.29, 0.717) is 11.3 Å². The molecule has 0 aliphatic rings. The molecule has 0 heterocycles. The number of hydrogen-bond donors (Lipinski definition) is 0. The van der Waals surface area contributed by atoms with Crippen molar-refractivity contribution in [3.05, 3.63) is 66.2 Å². The quantitative estimate of drug-likeness (QED) is 0.355. The van der Waals surface area contributed by atoms with Crippen LogP contribution in [0.3, 0.4) is 0 Å². The van der Waals surface area contributed by atoms with Gasteiger partial charge in [0.1, 0.15) is 6.29 Å². The summed E-state index contributed by atoms with van der Waals surface area (Å²) in [5.41, 5.74) is 0.883. The van der Waals surface area contributed by atoms with E-state index in [1.54, 1.807) is 6.07 Å². The molecule has 0 saturated carbocycles. The molecule has 0 atom stereocenters. The molecule has 2 aromatic rings. The maximum atomic E-state index is 9.95. The average Bonchev–Trinajstić information content (AvgIpc) is 2.95. The molecule has 0 aliphatic carbocycles. The molecule has 0 fully saturated rings. The fourth-order valence-electron chi connectivity index (χ4n) is 0.870. The van der Waals surface area contributed by atoms with Crippen molar-refractivity contribution in [3.8, 4) is 0 Å². The third kappa shape index (κ3) is 5.72. The first-order valence-electron chi connectivity index (χ1n) is 4.20. The second-order valence-electron chi connectivity index (χ2n) is 2.51. The summed E-state index contributed by atoms with van der Waals surface area (Å²) in [5.74, 6) is 0. The molecule has 1 nitrogen and oxygen atoms in total. The van der Waals surface area contributed by atoms with E-state index in [1.165, 1.54) is 6.08 Å². The molecule has 16 heavy (non-hydrogen) atoms. The fraction of sp³-hybridized carbons (Fsp3) is 0. The zero-order valence-electron chi connectivity index (χ0n) is 8.18. The van der Waals surface area contributed by atoms with Crippen LogP contribution in [0.2, 0.25) is 0 Å². The number of carbonyl (C=O) groups is 1. The topological polar surface area (TPSA) is 17.1 Å². The molecule has 0 spiro atoms. The largest absolute Gasteiger partial charge is 0.999 e. The molecule has 0 aliphatic heterocycles. The van der Waals surface area contributed by atoms with E-state index in [0.717, 1.165) is 5.56 Å². The van der Waals surface area contributed by atoms with E-state index >= 15 is 0 Å². The van der Waals surface area contributed by atoms with Gasteiger partial charge in [0.05, 0.1) is 0 Å². The Labute approximate surface area is 111 Å². The Balaban J connectivity index is 0.000000318. The van der Waals surface area contributed by atoms with Gasteiger partial charge in [0.15, 0.2) is 0 Å². The zero-order valence-corrected chi connectivity index (χ0v) is 10.0. The normalized spacial score (nSPS) is 9.69. The second-order valence-corrected chi connectivity index (χ2v) is 2.91. The predicted molar refractivity (Wildman–Crippen MR) is 59.3 cm³/mol. The summed E-state index contributed by atoms with van der Waals surface area (Å²) < 4.78 is 0. The maximum absolute atomic E-state index is 9.95. The van der Waals surface area contributed by atoms with Gasteiger partial charge in [-0.1, -0.05) is 11.6 Å². The summed E-state index contributed by atoms with van der Waals surface area (Å²) in [7, 11) is 0. The number of allylic oxidation sites excluding steroid dienone is 1. The summed E-state index contributed by atoms with van der Waals surface area (Å²) in [6.45, 7) is 0. The van der Waals surface area contributed by atoms with Crippen LogP contribution in [-0.4, -0.2) is 6.29 Å². The molecular formula is C13H7ClFeO-6. The van der Waals surface area contributed by atoms with Crippen molar-refractivity contribution in [2.24, 2.45) is 0 Å². The smallest absolute Gasteiger partial charge is 0.104 e. The van der Waals surface area contributed by atoms with Crippen molar-refractivity contribution in [1.82, 2.24) is 0 Å². The van der Waals surface area contributed by atoms with Gasteiger partial charge in [0, 0.05) is 17.1 Å². The van der Waals surface area contributed by atoms with E-state index in [-0.39, 0.29) is 17.1 Å². The van der Waals surface area contributed by atoms with Gasteiger partial charge in [-0.3, -0.25) is 0 Å². The zero-order chi connectivity index (χ0) is 10.9. The molecule has 0 N–H and O–H groups in total. The summed E-state index contributed by atoms with van der Waals surface area (Å²) in [5, 5.41) is 0.486. The summed E-state index contributed by atoms with van der Waals surface area (Å²) in [6.07, 6.45) is 2.01. The third-order valence-electron chi connectivity index (χ3n) is 1.50. The molecule has 0 saturated heterocycles. The third-order valence-corrected chi connectivity index (χ3v) is 1.85. The van der Waals surface area contributed by atoms with Crippen molar-refractivity contribution in [1.29, 1.82) is 0 Å². The van der Waals surface area contributed by atoms with Crippen LogP contribution >= 0.6 is 11.6 Å². The Morgan fingerprint density at radius 3 is 2.19 bits per heavy atom. The van der Waals surface area contributed by atoms with Crippen LogP contribution < -0.4 is 0 Å². The van der Waals surface area contributed by atoms with Crippen LogP contribution in [-0.2, 0) is 21.9 Å². The van der Waals surface area contributed by atoms with Crippen LogP contribution in [0.5, 0.6) is 0 Å². The van der Waals surface area contributed by atoms with Crippen molar-refractivity contribution in [3.63, 3.8) is 0 Å². The Bertz CT molecular complexity index is 370. The molecule has 86 valence electrons. The molecule has 0 unspecified atom stereocenters. The Morgan fingerprint density at radius 1 is 1.25 bits per heavy atom. The SMILES string of the molecule is O=CC=C(Cl)[c-]1cccc1.[Fe].[c-]1[c-][c-][cH-][c-]1. The summed E-state index contributed by atoms with van der Waals surface area (Å²) in [4.78, 5) is 9.95. The average molecular weight is 270 g/mol.